The van der Waals surface area contributed by atoms with Crippen LogP contribution < -0.4 is 0 Å². The Morgan fingerprint density at radius 2 is 1.48 bits per heavy atom. The van der Waals surface area contributed by atoms with Crippen LogP contribution >= 0.6 is 0 Å². The molecule has 0 bridgehead atoms. The van der Waals surface area contributed by atoms with Gasteiger partial charge in [0, 0.05) is 12.0 Å². The minimum absolute atomic E-state index is 0.0833. The van der Waals surface area contributed by atoms with Crippen molar-refractivity contribution in [2.75, 3.05) is 6.61 Å². The summed E-state index contributed by atoms with van der Waals surface area (Å²) in [6, 6.07) is 0. The van der Waals surface area contributed by atoms with Crippen LogP contribution in [0.4, 0.5) is 0 Å². The molecule has 0 saturated heterocycles. The van der Waals surface area contributed by atoms with E-state index in [2.05, 4.69) is 94.6 Å². The molecule has 0 amide bonds. The van der Waals surface area contributed by atoms with Gasteiger partial charge in [0.05, 0.1) is 23.9 Å². The molecule has 4 aliphatic carbocycles. The normalized spacial score (nSPS) is 37.6. The van der Waals surface area contributed by atoms with Crippen LogP contribution in [0, 0.1) is 34.5 Å². The highest BCUT2D eigenvalue weighted by atomic mass is 28.4. The van der Waals surface area contributed by atoms with E-state index < -0.39 is 22.2 Å². The van der Waals surface area contributed by atoms with Crippen LogP contribution in [0.25, 0.3) is 0 Å². The number of fused-ring (bicyclic) bond motifs is 5. The molecule has 3 fully saturated rings. The Morgan fingerprint density at radius 3 is 2.05 bits per heavy atom. The highest BCUT2D eigenvalue weighted by Gasteiger charge is 2.62. The van der Waals surface area contributed by atoms with Crippen molar-refractivity contribution in [1.82, 2.24) is 0 Å². The lowest BCUT2D eigenvalue weighted by atomic mass is 9.46. The largest absolute Gasteiger partial charge is 0.414 e. The highest BCUT2D eigenvalue weighted by Crippen LogP contribution is 2.67. The monoisotopic (exact) mass is 648 g/mol. The predicted octanol–water partition coefficient (Wildman–Crippen LogP) is 10.5. The van der Waals surface area contributed by atoms with Crippen molar-refractivity contribution in [3.8, 4) is 0 Å². The van der Waals surface area contributed by atoms with Gasteiger partial charge in [-0.25, -0.2) is 0 Å². The zero-order valence-corrected chi connectivity index (χ0v) is 33.7. The third-order valence-electron chi connectivity index (χ3n) is 14.4. The van der Waals surface area contributed by atoms with Crippen LogP contribution in [0.5, 0.6) is 0 Å². The summed E-state index contributed by atoms with van der Waals surface area (Å²) in [5, 5.41) is 10.6. The maximum Gasteiger partial charge on any atom is 0.192 e. The number of rotatable bonds is 9. The molecule has 4 rings (SSSR count). The van der Waals surface area contributed by atoms with Gasteiger partial charge in [0.25, 0.3) is 0 Å². The topological polar surface area (TPSA) is 47.9 Å². The molecule has 0 aromatic rings. The minimum atomic E-state index is -2.00. The number of allylic oxidation sites excluding steroid dienone is 1. The molecule has 0 spiro atoms. The molecule has 0 radical (unpaired) electrons. The van der Waals surface area contributed by atoms with Crippen LogP contribution in [-0.2, 0) is 13.6 Å². The molecule has 4 aliphatic rings. The van der Waals surface area contributed by atoms with Gasteiger partial charge in [-0.05, 0) is 137 Å². The van der Waals surface area contributed by atoms with Crippen LogP contribution in [0.15, 0.2) is 11.6 Å². The SMILES string of the molecule is C[C@H](OCCC(C)(C)O)[C@H]1CC[C@H]2[C@@H]3CC=C4C[C@@H](O[Si](C)(C)C(C)(C)C)C[C@H](O[Si](C)(C)C(C)(C)C)[C@]4(C)[C@H]3CC[C@]12C. The summed E-state index contributed by atoms with van der Waals surface area (Å²) in [5.41, 5.74) is 1.40. The standard InChI is InChI=1S/C38H72O4Si2/c1-26(40-23-22-36(8,9)39)30-18-19-31-29-17-16-27-24-28(41-43(12,13)34(2,3)4)25-33(42-44(14,15)35(5,6)7)38(27,11)32(29)20-21-37(30,31)10/h16,26,28-33,39H,17-25H2,1-15H3/t26-,28+,29-,30+,31-,32-,33-,37+,38-/m0/s1. The van der Waals surface area contributed by atoms with Crippen molar-refractivity contribution in [1.29, 1.82) is 0 Å². The summed E-state index contributed by atoms with van der Waals surface area (Å²) in [7, 11) is -3.89. The minimum Gasteiger partial charge on any atom is -0.414 e. The van der Waals surface area contributed by atoms with E-state index in [4.69, 9.17) is 13.6 Å². The Hall–Kier alpha value is 0.0138. The summed E-state index contributed by atoms with van der Waals surface area (Å²) in [6.45, 7) is 36.0. The van der Waals surface area contributed by atoms with E-state index in [1.165, 1.54) is 32.1 Å². The Bertz CT molecular complexity index is 1050. The molecule has 0 aromatic carbocycles. The van der Waals surface area contributed by atoms with Gasteiger partial charge >= 0.3 is 0 Å². The smallest absolute Gasteiger partial charge is 0.192 e. The van der Waals surface area contributed by atoms with Gasteiger partial charge < -0.3 is 18.7 Å². The number of hydrogen-bond acceptors (Lipinski definition) is 4. The number of ether oxygens (including phenoxy) is 1. The maximum atomic E-state index is 10.2. The maximum absolute atomic E-state index is 10.2. The third kappa shape index (κ3) is 6.93. The molecule has 0 aliphatic heterocycles. The van der Waals surface area contributed by atoms with Crippen LogP contribution in [0.1, 0.15) is 128 Å². The predicted molar refractivity (Wildman–Crippen MR) is 191 cm³/mol. The zero-order chi connectivity index (χ0) is 33.3. The van der Waals surface area contributed by atoms with Crippen molar-refractivity contribution in [3.05, 3.63) is 11.6 Å². The van der Waals surface area contributed by atoms with Crippen molar-refractivity contribution in [2.45, 2.75) is 188 Å². The second kappa shape index (κ2) is 12.2. The molecule has 0 aromatic heterocycles. The van der Waals surface area contributed by atoms with E-state index in [-0.39, 0.29) is 33.8 Å². The third-order valence-corrected chi connectivity index (χ3v) is 23.4. The van der Waals surface area contributed by atoms with Gasteiger partial charge in [0.2, 0.25) is 0 Å². The van der Waals surface area contributed by atoms with Crippen molar-refractivity contribution in [3.63, 3.8) is 0 Å². The second-order valence-electron chi connectivity index (χ2n) is 19.8. The summed E-state index contributed by atoms with van der Waals surface area (Å²) in [5.74, 6) is 2.74. The van der Waals surface area contributed by atoms with E-state index in [1.54, 1.807) is 5.57 Å². The fourth-order valence-electron chi connectivity index (χ4n) is 9.47. The lowest BCUT2D eigenvalue weighted by molar-refractivity contribution is -0.112. The van der Waals surface area contributed by atoms with E-state index in [0.29, 0.717) is 30.3 Å². The lowest BCUT2D eigenvalue weighted by Crippen LogP contribution is -2.60. The molecule has 0 heterocycles. The van der Waals surface area contributed by atoms with Gasteiger partial charge in [-0.1, -0.05) is 67.0 Å². The molecule has 4 nitrogen and oxygen atoms in total. The van der Waals surface area contributed by atoms with E-state index >= 15 is 0 Å². The molecule has 6 heteroatoms. The second-order valence-corrected chi connectivity index (χ2v) is 29.3. The summed E-state index contributed by atoms with van der Waals surface area (Å²) in [6.07, 6.45) is 12.6. The average Bonchev–Trinajstić information content (AvgIpc) is 3.19. The van der Waals surface area contributed by atoms with Crippen molar-refractivity contribution in [2.24, 2.45) is 34.5 Å². The summed E-state index contributed by atoms with van der Waals surface area (Å²) in [4.78, 5) is 0. The lowest BCUT2D eigenvalue weighted by Gasteiger charge is -2.62. The molecule has 9 atom stereocenters. The van der Waals surface area contributed by atoms with Crippen LogP contribution in [-0.4, -0.2) is 52.3 Å². The first-order chi connectivity index (χ1) is 19.8. The Balaban J connectivity index is 1.62. The van der Waals surface area contributed by atoms with E-state index in [0.717, 1.165) is 24.7 Å². The van der Waals surface area contributed by atoms with Gasteiger partial charge in [-0.2, -0.15) is 0 Å². The summed E-state index contributed by atoms with van der Waals surface area (Å²) < 4.78 is 21.2. The Morgan fingerprint density at radius 1 is 0.886 bits per heavy atom. The van der Waals surface area contributed by atoms with Gasteiger partial charge in [-0.15, -0.1) is 0 Å². The first kappa shape index (κ1) is 36.8. The van der Waals surface area contributed by atoms with Gasteiger partial charge in [-0.3, -0.25) is 0 Å². The van der Waals surface area contributed by atoms with Gasteiger partial charge in [0.1, 0.15) is 0 Å². The Labute approximate surface area is 275 Å². The molecule has 3 saturated carbocycles. The van der Waals surface area contributed by atoms with E-state index in [9.17, 15) is 5.11 Å². The fourth-order valence-corrected chi connectivity index (χ4v) is 12.2. The molecule has 0 unspecified atom stereocenters. The van der Waals surface area contributed by atoms with Crippen molar-refractivity contribution >= 4 is 16.6 Å². The number of aliphatic hydroxyl groups is 1. The first-order valence-corrected chi connectivity index (χ1v) is 24.0. The molecular weight excluding hydrogens is 577 g/mol. The molecular formula is C38H72O4Si2. The van der Waals surface area contributed by atoms with Crippen LogP contribution in [0.3, 0.4) is 0 Å². The van der Waals surface area contributed by atoms with E-state index in [1.807, 2.05) is 13.8 Å². The fraction of sp³-hybridized carbons (Fsp3) is 0.947. The number of hydrogen-bond donors (Lipinski definition) is 1. The van der Waals surface area contributed by atoms with Crippen LogP contribution in [0.2, 0.25) is 36.3 Å². The Kier molecular flexibility index (Phi) is 10.2. The van der Waals surface area contributed by atoms with Crippen molar-refractivity contribution < 1.29 is 18.7 Å². The average molecular weight is 649 g/mol. The first-order valence-electron chi connectivity index (χ1n) is 18.2. The molecule has 256 valence electrons. The molecule has 44 heavy (non-hydrogen) atoms. The van der Waals surface area contributed by atoms with Gasteiger partial charge in [0.15, 0.2) is 16.6 Å². The summed E-state index contributed by atoms with van der Waals surface area (Å²) >= 11 is 0. The zero-order valence-electron chi connectivity index (χ0n) is 31.7. The highest BCUT2D eigenvalue weighted by molar-refractivity contribution is 6.74. The quantitative estimate of drug-likeness (QED) is 0.200. The molecule has 1 N–H and O–H groups in total.